The van der Waals surface area contributed by atoms with Crippen LogP contribution in [0.1, 0.15) is 187 Å². The highest BCUT2D eigenvalue weighted by molar-refractivity contribution is 7.46. The standard InChI is InChI=1S/C33H68NO6P/c1-2-3-4-5-6-7-8-9-10-11-12-13-14-15-16-17-18-19-20-21-22-23-24-25-26-27-28-29-33(36)34-30-32(35)31-40-41(37,38)39/h32,35H,2-31H2,1H3,(H,34,36)(H2,37,38,39). The number of phosphoric acid groups is 1. The van der Waals surface area contributed by atoms with Gasteiger partial charge in [-0.1, -0.05) is 174 Å². The Morgan fingerprint density at radius 1 is 0.585 bits per heavy atom. The van der Waals surface area contributed by atoms with Gasteiger partial charge in [-0.25, -0.2) is 4.57 Å². The Balaban J connectivity index is 3.19. The molecular formula is C33H68NO6P. The van der Waals surface area contributed by atoms with Gasteiger partial charge in [0.25, 0.3) is 0 Å². The molecule has 1 amide bonds. The van der Waals surface area contributed by atoms with E-state index in [0.29, 0.717) is 6.42 Å². The molecule has 0 heterocycles. The number of unbranched alkanes of at least 4 members (excludes halogenated alkanes) is 26. The summed E-state index contributed by atoms with van der Waals surface area (Å²) in [7, 11) is -4.59. The normalized spacial score (nSPS) is 12.6. The molecule has 4 N–H and O–H groups in total. The van der Waals surface area contributed by atoms with Crippen LogP contribution in [0.5, 0.6) is 0 Å². The van der Waals surface area contributed by atoms with Crippen LogP contribution in [0.2, 0.25) is 0 Å². The lowest BCUT2D eigenvalue weighted by Gasteiger charge is -2.12. The van der Waals surface area contributed by atoms with Crippen LogP contribution >= 0.6 is 7.82 Å². The number of hydrogen-bond acceptors (Lipinski definition) is 4. The first-order chi connectivity index (χ1) is 19.8. The molecule has 0 radical (unpaired) electrons. The SMILES string of the molecule is CCCCCCCCCCCCCCCCCCCCCCCCCCCCCC(=O)NCC(O)COP(=O)(O)O. The third-order valence-electron chi connectivity index (χ3n) is 7.98. The van der Waals surface area contributed by atoms with Crippen LogP contribution in [0.4, 0.5) is 0 Å². The van der Waals surface area contributed by atoms with E-state index in [1.54, 1.807) is 0 Å². The van der Waals surface area contributed by atoms with Gasteiger partial charge in [0.2, 0.25) is 5.91 Å². The van der Waals surface area contributed by atoms with Crippen LogP contribution in [-0.4, -0.2) is 40.1 Å². The van der Waals surface area contributed by atoms with Gasteiger partial charge in [-0.3, -0.25) is 9.32 Å². The number of carbonyl (C=O) groups is 1. The number of rotatable bonds is 33. The summed E-state index contributed by atoms with van der Waals surface area (Å²) in [5.41, 5.74) is 0. The number of amides is 1. The van der Waals surface area contributed by atoms with E-state index in [2.05, 4.69) is 16.8 Å². The van der Waals surface area contributed by atoms with Crippen molar-refractivity contribution in [3.63, 3.8) is 0 Å². The highest BCUT2D eigenvalue weighted by Gasteiger charge is 2.17. The summed E-state index contributed by atoms with van der Waals surface area (Å²) >= 11 is 0. The molecule has 0 aromatic carbocycles. The molecule has 1 unspecified atom stereocenters. The summed E-state index contributed by atoms with van der Waals surface area (Å²) in [6.07, 6.45) is 36.0. The largest absolute Gasteiger partial charge is 0.469 e. The molecule has 0 aliphatic carbocycles. The van der Waals surface area contributed by atoms with Crippen LogP contribution < -0.4 is 5.32 Å². The average Bonchev–Trinajstić information content (AvgIpc) is 2.94. The van der Waals surface area contributed by atoms with Crippen molar-refractivity contribution in [2.45, 2.75) is 193 Å². The zero-order valence-corrected chi connectivity index (χ0v) is 27.7. The van der Waals surface area contributed by atoms with E-state index in [0.717, 1.165) is 19.3 Å². The molecule has 246 valence electrons. The highest BCUT2D eigenvalue weighted by Crippen LogP contribution is 2.35. The Labute approximate surface area is 253 Å². The fourth-order valence-corrected chi connectivity index (χ4v) is 5.71. The Bertz CT molecular complexity index is 600. The lowest BCUT2D eigenvalue weighted by Crippen LogP contribution is -2.34. The second-order valence-corrected chi connectivity index (χ2v) is 13.4. The lowest BCUT2D eigenvalue weighted by molar-refractivity contribution is -0.121. The summed E-state index contributed by atoms with van der Waals surface area (Å²) in [6.45, 7) is 1.71. The van der Waals surface area contributed by atoms with Gasteiger partial charge in [0.1, 0.15) is 0 Å². The van der Waals surface area contributed by atoms with Crippen LogP contribution in [0, 0.1) is 0 Å². The van der Waals surface area contributed by atoms with Crippen molar-refractivity contribution in [3.05, 3.63) is 0 Å². The van der Waals surface area contributed by atoms with Crippen LogP contribution in [-0.2, 0) is 13.9 Å². The maximum atomic E-state index is 11.8. The molecule has 0 aliphatic rings. The number of nitrogens with one attached hydrogen (secondary N) is 1. The van der Waals surface area contributed by atoms with Crippen molar-refractivity contribution >= 4 is 13.7 Å². The Morgan fingerprint density at radius 3 is 1.17 bits per heavy atom. The molecule has 0 aliphatic heterocycles. The molecule has 7 nitrogen and oxygen atoms in total. The average molecular weight is 606 g/mol. The van der Waals surface area contributed by atoms with E-state index in [1.807, 2.05) is 0 Å². The highest BCUT2D eigenvalue weighted by atomic mass is 31.2. The van der Waals surface area contributed by atoms with E-state index >= 15 is 0 Å². The van der Waals surface area contributed by atoms with Crippen molar-refractivity contribution in [3.8, 4) is 0 Å². The number of carbonyl (C=O) groups excluding carboxylic acids is 1. The number of phosphoric ester groups is 1. The maximum Gasteiger partial charge on any atom is 0.469 e. The zero-order chi connectivity index (χ0) is 30.3. The lowest BCUT2D eigenvalue weighted by atomic mass is 10.0. The van der Waals surface area contributed by atoms with Crippen molar-refractivity contribution in [1.82, 2.24) is 5.32 Å². The predicted molar refractivity (Wildman–Crippen MR) is 172 cm³/mol. The molecule has 0 aromatic heterocycles. The van der Waals surface area contributed by atoms with Crippen molar-refractivity contribution in [1.29, 1.82) is 0 Å². The van der Waals surface area contributed by atoms with E-state index in [-0.39, 0.29) is 12.5 Å². The fourth-order valence-electron chi connectivity index (χ4n) is 5.34. The third kappa shape index (κ3) is 35.6. The predicted octanol–water partition coefficient (Wildman–Crippen LogP) is 9.52. The molecule has 0 fully saturated rings. The summed E-state index contributed by atoms with van der Waals surface area (Å²) in [4.78, 5) is 29.0. The minimum atomic E-state index is -4.59. The van der Waals surface area contributed by atoms with E-state index in [1.165, 1.54) is 154 Å². The van der Waals surface area contributed by atoms with Crippen LogP contribution in [0.25, 0.3) is 0 Å². The van der Waals surface area contributed by atoms with Crippen LogP contribution in [0.3, 0.4) is 0 Å². The van der Waals surface area contributed by atoms with Gasteiger partial charge in [-0.05, 0) is 6.42 Å². The van der Waals surface area contributed by atoms with Gasteiger partial charge in [0.15, 0.2) is 0 Å². The molecule has 0 saturated heterocycles. The smallest absolute Gasteiger partial charge is 0.389 e. The van der Waals surface area contributed by atoms with Gasteiger partial charge in [-0.2, -0.15) is 0 Å². The molecule has 0 aromatic rings. The quantitative estimate of drug-likeness (QED) is 0.0437. The first kappa shape index (κ1) is 40.5. The molecule has 0 bridgehead atoms. The Morgan fingerprint density at radius 2 is 0.878 bits per heavy atom. The van der Waals surface area contributed by atoms with Crippen molar-refractivity contribution < 1.29 is 28.8 Å². The van der Waals surface area contributed by atoms with Gasteiger partial charge in [0, 0.05) is 13.0 Å². The molecule has 0 spiro atoms. The summed E-state index contributed by atoms with van der Waals surface area (Å²) in [5.74, 6) is -0.153. The molecular weight excluding hydrogens is 537 g/mol. The van der Waals surface area contributed by atoms with Gasteiger partial charge < -0.3 is 20.2 Å². The minimum absolute atomic E-state index is 0.0711. The first-order valence-electron chi connectivity index (χ1n) is 17.5. The summed E-state index contributed by atoms with van der Waals surface area (Å²) in [5, 5.41) is 12.1. The molecule has 0 rings (SSSR count). The fraction of sp³-hybridized carbons (Fsp3) is 0.970. The Hall–Kier alpha value is -0.460. The number of hydrogen-bond donors (Lipinski definition) is 4. The first-order valence-corrected chi connectivity index (χ1v) is 19.0. The summed E-state index contributed by atoms with van der Waals surface area (Å²) in [6, 6.07) is 0. The number of aliphatic hydroxyl groups excluding tert-OH is 1. The third-order valence-corrected chi connectivity index (χ3v) is 8.46. The van der Waals surface area contributed by atoms with Gasteiger partial charge in [0.05, 0.1) is 12.7 Å². The van der Waals surface area contributed by atoms with Gasteiger partial charge >= 0.3 is 7.82 Å². The molecule has 8 heteroatoms. The molecule has 0 saturated carbocycles. The minimum Gasteiger partial charge on any atom is -0.389 e. The number of aliphatic hydroxyl groups is 1. The Kier molecular flexibility index (Phi) is 30.6. The van der Waals surface area contributed by atoms with Gasteiger partial charge in [-0.15, -0.1) is 0 Å². The van der Waals surface area contributed by atoms with E-state index in [9.17, 15) is 14.5 Å². The monoisotopic (exact) mass is 605 g/mol. The molecule has 41 heavy (non-hydrogen) atoms. The van der Waals surface area contributed by atoms with E-state index in [4.69, 9.17) is 9.79 Å². The maximum absolute atomic E-state index is 11.8. The zero-order valence-electron chi connectivity index (χ0n) is 26.8. The van der Waals surface area contributed by atoms with Crippen molar-refractivity contribution in [2.75, 3.05) is 13.2 Å². The summed E-state index contributed by atoms with van der Waals surface area (Å²) < 4.78 is 14.8. The van der Waals surface area contributed by atoms with Crippen LogP contribution in [0.15, 0.2) is 0 Å². The molecule has 1 atom stereocenters. The van der Waals surface area contributed by atoms with Crippen molar-refractivity contribution in [2.24, 2.45) is 0 Å². The second kappa shape index (κ2) is 31.0. The second-order valence-electron chi connectivity index (χ2n) is 12.2. The topological polar surface area (TPSA) is 116 Å². The van der Waals surface area contributed by atoms with E-state index < -0.39 is 20.5 Å².